The van der Waals surface area contributed by atoms with Gasteiger partial charge in [0.2, 0.25) is 12.0 Å². The van der Waals surface area contributed by atoms with Gasteiger partial charge in [0.1, 0.15) is 17.2 Å². The summed E-state index contributed by atoms with van der Waals surface area (Å²) in [7, 11) is 1.24. The molecule has 2 atom stereocenters. The molecular formula is C31H28F2N4O4. The number of fused-ring (bicyclic) bond motifs is 1. The number of para-hydroxylation sites is 1. The van der Waals surface area contributed by atoms with Crippen LogP contribution in [0.15, 0.2) is 78.9 Å². The fraction of sp³-hybridized carbons (Fsp3) is 0.226. The Morgan fingerprint density at radius 2 is 1.61 bits per heavy atom. The zero-order valence-corrected chi connectivity index (χ0v) is 22.7. The molecule has 0 fully saturated rings. The molecule has 1 aliphatic heterocycles. The number of hydrogen-bond donors (Lipinski definition) is 1. The first kappa shape index (κ1) is 27.9. The normalized spacial score (nSPS) is 17.4. The number of amides is 1. The van der Waals surface area contributed by atoms with Crippen molar-refractivity contribution >= 4 is 17.6 Å². The Morgan fingerprint density at radius 1 is 0.976 bits per heavy atom. The van der Waals surface area contributed by atoms with Gasteiger partial charge in [-0.25, -0.2) is 23.5 Å². The lowest BCUT2D eigenvalue weighted by molar-refractivity contribution is -0.153. The molecule has 0 saturated carbocycles. The van der Waals surface area contributed by atoms with Crippen molar-refractivity contribution in [2.24, 2.45) is 0 Å². The second-order valence-corrected chi connectivity index (χ2v) is 9.68. The number of anilines is 1. The highest BCUT2D eigenvalue weighted by molar-refractivity contribution is 5.97. The zero-order valence-electron chi connectivity index (χ0n) is 22.7. The van der Waals surface area contributed by atoms with Crippen LogP contribution < -0.4 is 15.0 Å². The van der Waals surface area contributed by atoms with Crippen LogP contribution in [-0.2, 0) is 26.4 Å². The summed E-state index contributed by atoms with van der Waals surface area (Å²) >= 11 is 0. The fourth-order valence-electron chi connectivity index (χ4n) is 5.21. The Kier molecular flexibility index (Phi) is 7.76. The van der Waals surface area contributed by atoms with Crippen LogP contribution >= 0.6 is 0 Å². The van der Waals surface area contributed by atoms with Crippen molar-refractivity contribution in [3.05, 3.63) is 119 Å². The van der Waals surface area contributed by atoms with Gasteiger partial charge in [-0.15, -0.1) is 0 Å². The van der Waals surface area contributed by atoms with E-state index in [1.165, 1.54) is 18.1 Å². The maximum absolute atomic E-state index is 14.7. The lowest BCUT2D eigenvalue weighted by atomic mass is 9.77. The molecule has 3 aromatic carbocycles. The van der Waals surface area contributed by atoms with E-state index in [0.717, 1.165) is 12.1 Å². The third-order valence-corrected chi connectivity index (χ3v) is 7.04. The van der Waals surface area contributed by atoms with Crippen LogP contribution in [0.2, 0.25) is 0 Å². The van der Waals surface area contributed by atoms with Crippen molar-refractivity contribution in [3.8, 4) is 6.01 Å². The average molecular weight is 559 g/mol. The molecule has 4 aromatic rings. The van der Waals surface area contributed by atoms with Crippen LogP contribution in [0.4, 0.5) is 14.5 Å². The molecule has 0 unspecified atom stereocenters. The van der Waals surface area contributed by atoms with E-state index in [2.05, 4.69) is 15.3 Å². The van der Waals surface area contributed by atoms with Gasteiger partial charge in [0, 0.05) is 28.2 Å². The van der Waals surface area contributed by atoms with Crippen LogP contribution in [0.5, 0.6) is 6.01 Å². The van der Waals surface area contributed by atoms with Gasteiger partial charge in [0.25, 0.3) is 0 Å². The van der Waals surface area contributed by atoms with Gasteiger partial charge in [-0.05, 0) is 43.7 Å². The van der Waals surface area contributed by atoms with Crippen molar-refractivity contribution < 1.29 is 27.8 Å². The number of nitrogens with zero attached hydrogens (tertiary/aromatic N) is 3. The van der Waals surface area contributed by atoms with E-state index in [0.29, 0.717) is 28.2 Å². The third-order valence-electron chi connectivity index (χ3n) is 7.04. The fourth-order valence-corrected chi connectivity index (χ4v) is 5.21. The number of aryl methyl sites for hydroxylation is 2. The van der Waals surface area contributed by atoms with E-state index in [1.807, 2.05) is 6.07 Å². The van der Waals surface area contributed by atoms with E-state index in [9.17, 15) is 18.4 Å². The van der Waals surface area contributed by atoms with Gasteiger partial charge in [0.15, 0.2) is 0 Å². The standard InChI is InChI=1S/C31H28F2N4O4/c1-19-16-20(2)36-30(35-19)41-28(29(39)40-3)31(21-10-5-4-6-11-21)23-12-7-8-15-26(23)37(27(38)17-34-31)18-22-24(32)13-9-14-25(22)33/h4-16,28,34H,17-18H2,1-3H3/t28-,31-/m0/s1. The zero-order chi connectivity index (χ0) is 29.1. The first-order valence-electron chi connectivity index (χ1n) is 12.9. The molecule has 1 aliphatic rings. The summed E-state index contributed by atoms with van der Waals surface area (Å²) in [6, 6.07) is 21.1. The number of rotatable bonds is 7. The highest BCUT2D eigenvalue weighted by atomic mass is 19.1. The summed E-state index contributed by atoms with van der Waals surface area (Å²) in [5.41, 5.74) is 0.872. The number of carbonyl (C=O) groups excluding carboxylic acids is 2. The number of esters is 1. The SMILES string of the molecule is COC(=O)[C@H](Oc1nc(C)cc(C)n1)[C@@]1(c2ccccc2)NCC(=O)N(Cc2c(F)cccc2F)c2ccccc21. The van der Waals surface area contributed by atoms with E-state index in [-0.39, 0.29) is 24.7 Å². The first-order chi connectivity index (χ1) is 19.7. The number of carbonyl (C=O) groups is 2. The van der Waals surface area contributed by atoms with E-state index < -0.39 is 35.2 Å². The minimum absolute atomic E-state index is 0.0478. The monoisotopic (exact) mass is 558 g/mol. The molecule has 0 spiro atoms. The highest BCUT2D eigenvalue weighted by Crippen LogP contribution is 2.42. The summed E-state index contributed by atoms with van der Waals surface area (Å²) in [6.07, 6.45) is -1.42. The molecule has 0 saturated heterocycles. The molecule has 0 radical (unpaired) electrons. The van der Waals surface area contributed by atoms with Crippen molar-refractivity contribution in [2.75, 3.05) is 18.6 Å². The quantitative estimate of drug-likeness (QED) is 0.337. The van der Waals surface area contributed by atoms with Crippen LogP contribution in [0, 0.1) is 25.5 Å². The molecule has 1 aromatic heterocycles. The second kappa shape index (κ2) is 11.4. The Balaban J connectivity index is 1.75. The minimum atomic E-state index is -1.51. The first-order valence-corrected chi connectivity index (χ1v) is 12.9. The number of halogens is 2. The maximum atomic E-state index is 14.7. The predicted octanol–water partition coefficient (Wildman–Crippen LogP) is 4.37. The summed E-state index contributed by atoms with van der Waals surface area (Å²) in [4.78, 5) is 37.3. The Bertz CT molecular complexity index is 1560. The molecule has 210 valence electrons. The number of nitrogens with one attached hydrogen (secondary N) is 1. The highest BCUT2D eigenvalue weighted by Gasteiger charge is 2.52. The molecular weight excluding hydrogens is 530 g/mol. The van der Waals surface area contributed by atoms with Gasteiger partial charge in [-0.3, -0.25) is 10.1 Å². The van der Waals surface area contributed by atoms with E-state index in [1.54, 1.807) is 68.4 Å². The molecule has 41 heavy (non-hydrogen) atoms. The average Bonchev–Trinajstić information content (AvgIpc) is 3.08. The van der Waals surface area contributed by atoms with Gasteiger partial charge < -0.3 is 14.4 Å². The van der Waals surface area contributed by atoms with Crippen LogP contribution in [0.3, 0.4) is 0 Å². The van der Waals surface area contributed by atoms with Crippen molar-refractivity contribution in [2.45, 2.75) is 32.0 Å². The number of hydrogen-bond acceptors (Lipinski definition) is 7. The van der Waals surface area contributed by atoms with Gasteiger partial charge >= 0.3 is 12.0 Å². The molecule has 0 aliphatic carbocycles. The summed E-state index contributed by atoms with van der Waals surface area (Å²) in [6.45, 7) is 2.88. The second-order valence-electron chi connectivity index (χ2n) is 9.68. The smallest absolute Gasteiger partial charge is 0.349 e. The van der Waals surface area contributed by atoms with Crippen LogP contribution in [0.1, 0.15) is 28.1 Å². The Hall–Kier alpha value is -4.70. The van der Waals surface area contributed by atoms with Crippen molar-refractivity contribution in [1.29, 1.82) is 0 Å². The Morgan fingerprint density at radius 3 is 2.27 bits per heavy atom. The molecule has 8 nitrogen and oxygen atoms in total. The summed E-state index contributed by atoms with van der Waals surface area (Å²) in [5.74, 6) is -2.77. The number of ether oxygens (including phenoxy) is 2. The maximum Gasteiger partial charge on any atom is 0.349 e. The van der Waals surface area contributed by atoms with Crippen molar-refractivity contribution in [1.82, 2.24) is 15.3 Å². The number of benzene rings is 3. The molecule has 1 amide bonds. The van der Waals surface area contributed by atoms with E-state index >= 15 is 0 Å². The number of aromatic nitrogens is 2. The van der Waals surface area contributed by atoms with Gasteiger partial charge in [-0.2, -0.15) is 0 Å². The van der Waals surface area contributed by atoms with Crippen LogP contribution in [0.25, 0.3) is 0 Å². The predicted molar refractivity (Wildman–Crippen MR) is 147 cm³/mol. The molecule has 1 N–H and O–H groups in total. The Labute approximate surface area is 236 Å². The molecule has 0 bridgehead atoms. The minimum Gasteiger partial charge on any atom is -0.466 e. The molecule has 10 heteroatoms. The molecule has 5 rings (SSSR count). The van der Waals surface area contributed by atoms with Crippen molar-refractivity contribution in [3.63, 3.8) is 0 Å². The van der Waals surface area contributed by atoms with Gasteiger partial charge in [-0.1, -0.05) is 54.6 Å². The van der Waals surface area contributed by atoms with Gasteiger partial charge in [0.05, 0.1) is 20.2 Å². The lowest BCUT2D eigenvalue weighted by Crippen LogP contribution is -2.59. The third kappa shape index (κ3) is 5.26. The van der Waals surface area contributed by atoms with E-state index in [4.69, 9.17) is 9.47 Å². The topological polar surface area (TPSA) is 93.6 Å². The summed E-state index contributed by atoms with van der Waals surface area (Å²) < 4.78 is 40.9. The number of methoxy groups -OCH3 is 1. The molecule has 2 heterocycles. The largest absolute Gasteiger partial charge is 0.466 e. The lowest BCUT2D eigenvalue weighted by Gasteiger charge is -2.40. The van der Waals surface area contributed by atoms with Crippen LogP contribution in [-0.4, -0.2) is 41.6 Å². The summed E-state index contributed by atoms with van der Waals surface area (Å²) in [5, 5.41) is 3.27.